The van der Waals surface area contributed by atoms with Crippen molar-refractivity contribution >= 4 is 37.5 Å². The molecule has 0 radical (unpaired) electrons. The molecule has 1 N–H and O–H groups in total. The molecular weight excluding hydrogens is 516 g/mol. The molecule has 0 aliphatic carbocycles. The normalized spacial score (nSPS) is 12.1. The summed E-state index contributed by atoms with van der Waals surface area (Å²) in [5.41, 5.74) is 3.56. The molecule has 1 amide bonds. The average Bonchev–Trinajstić information content (AvgIpc) is 2.83. The van der Waals surface area contributed by atoms with Gasteiger partial charge in [0.05, 0.1) is 28.2 Å². The number of rotatable bonds is 9. The highest BCUT2D eigenvalue weighted by molar-refractivity contribution is 9.10. The third-order valence-corrected chi connectivity index (χ3v) is 7.98. The van der Waals surface area contributed by atoms with Gasteiger partial charge >= 0.3 is 0 Å². The number of aryl methyl sites for hydroxylation is 2. The Morgan fingerprint density at radius 2 is 1.71 bits per heavy atom. The molecule has 0 aliphatic rings. The Morgan fingerprint density at radius 1 is 1.06 bits per heavy atom. The third kappa shape index (κ3) is 5.98. The van der Waals surface area contributed by atoms with Crippen LogP contribution in [0.15, 0.2) is 76.1 Å². The van der Waals surface area contributed by atoms with Gasteiger partial charge in [0.2, 0.25) is 5.91 Å². The first kappa shape index (κ1) is 25.8. The molecule has 0 heterocycles. The van der Waals surface area contributed by atoms with E-state index in [2.05, 4.69) is 28.2 Å². The van der Waals surface area contributed by atoms with Gasteiger partial charge in [-0.25, -0.2) is 8.42 Å². The molecule has 0 fully saturated rings. The minimum absolute atomic E-state index is 0.0525. The van der Waals surface area contributed by atoms with Crippen LogP contribution in [0, 0.1) is 6.92 Å². The van der Waals surface area contributed by atoms with E-state index in [1.165, 1.54) is 24.8 Å². The second kappa shape index (κ2) is 11.1. The van der Waals surface area contributed by atoms with E-state index in [1.54, 1.807) is 18.2 Å². The lowest BCUT2D eigenvalue weighted by Gasteiger charge is -2.25. The number of anilines is 1. The standard InChI is InChI=1S/C26H29BrN2O4S/c1-5-20-8-10-21(11-9-20)19(3)28-26(30)17-29(22-12-6-18(2)7-13-22)34(31,32)23-14-15-25(33-4)24(27)16-23/h6-16,19H,5,17H2,1-4H3,(H,28,30)/t19-/m1/s1. The van der Waals surface area contributed by atoms with Crippen LogP contribution in [-0.2, 0) is 21.2 Å². The van der Waals surface area contributed by atoms with Crippen molar-refractivity contribution in [3.8, 4) is 5.75 Å². The summed E-state index contributed by atoms with van der Waals surface area (Å²) in [6.45, 7) is 5.53. The maximum atomic E-state index is 13.6. The Morgan fingerprint density at radius 3 is 2.26 bits per heavy atom. The van der Waals surface area contributed by atoms with Crippen LogP contribution >= 0.6 is 15.9 Å². The Bertz CT molecular complexity index is 1240. The van der Waals surface area contributed by atoms with Gasteiger partial charge in [-0.15, -0.1) is 0 Å². The summed E-state index contributed by atoms with van der Waals surface area (Å²) in [5, 5.41) is 2.92. The number of methoxy groups -OCH3 is 1. The SMILES string of the molecule is CCc1ccc([C@@H](C)NC(=O)CN(c2ccc(C)cc2)S(=O)(=O)c2ccc(OC)c(Br)c2)cc1. The Kier molecular flexibility index (Phi) is 8.38. The van der Waals surface area contributed by atoms with Crippen LogP contribution < -0.4 is 14.4 Å². The zero-order valence-corrected chi connectivity index (χ0v) is 22.1. The van der Waals surface area contributed by atoms with Crippen molar-refractivity contribution in [2.75, 3.05) is 18.0 Å². The summed E-state index contributed by atoms with van der Waals surface area (Å²) in [7, 11) is -2.52. The lowest BCUT2D eigenvalue weighted by molar-refractivity contribution is -0.120. The lowest BCUT2D eigenvalue weighted by Crippen LogP contribution is -2.41. The minimum atomic E-state index is -4.03. The van der Waals surface area contributed by atoms with Gasteiger partial charge in [-0.05, 0) is 77.7 Å². The van der Waals surface area contributed by atoms with E-state index < -0.39 is 15.9 Å². The zero-order chi connectivity index (χ0) is 24.9. The summed E-state index contributed by atoms with van der Waals surface area (Å²) in [6, 6.07) is 19.3. The van der Waals surface area contributed by atoms with E-state index in [0.717, 1.165) is 21.9 Å². The van der Waals surface area contributed by atoms with Crippen molar-refractivity contribution in [3.63, 3.8) is 0 Å². The Balaban J connectivity index is 1.89. The van der Waals surface area contributed by atoms with Crippen LogP contribution in [-0.4, -0.2) is 28.0 Å². The summed E-state index contributed by atoms with van der Waals surface area (Å²) in [4.78, 5) is 13.1. The number of carbonyl (C=O) groups excluding carboxylic acids is 1. The fourth-order valence-electron chi connectivity index (χ4n) is 3.50. The second-order valence-corrected chi connectivity index (χ2v) is 10.7. The van der Waals surface area contributed by atoms with Gasteiger partial charge < -0.3 is 10.1 Å². The van der Waals surface area contributed by atoms with Crippen molar-refractivity contribution in [1.29, 1.82) is 0 Å². The molecule has 0 aliphatic heterocycles. The number of sulfonamides is 1. The van der Waals surface area contributed by atoms with Crippen LogP contribution in [0.1, 0.15) is 36.6 Å². The highest BCUT2D eigenvalue weighted by Gasteiger charge is 2.28. The number of benzene rings is 3. The third-order valence-electron chi connectivity index (χ3n) is 5.59. The maximum absolute atomic E-state index is 13.6. The molecule has 0 unspecified atom stereocenters. The first-order chi connectivity index (χ1) is 16.1. The average molecular weight is 545 g/mol. The van der Waals surface area contributed by atoms with E-state index in [9.17, 15) is 13.2 Å². The Hall–Kier alpha value is -2.84. The van der Waals surface area contributed by atoms with Crippen LogP contribution in [0.5, 0.6) is 5.75 Å². The van der Waals surface area contributed by atoms with Gasteiger partial charge in [0, 0.05) is 0 Å². The molecule has 180 valence electrons. The van der Waals surface area contributed by atoms with E-state index >= 15 is 0 Å². The molecule has 3 rings (SSSR count). The van der Waals surface area contributed by atoms with Crippen molar-refractivity contribution in [1.82, 2.24) is 5.32 Å². The molecule has 0 saturated carbocycles. The quantitative estimate of drug-likeness (QED) is 0.391. The van der Waals surface area contributed by atoms with Crippen LogP contribution in [0.2, 0.25) is 0 Å². The van der Waals surface area contributed by atoms with E-state index in [4.69, 9.17) is 4.74 Å². The smallest absolute Gasteiger partial charge is 0.264 e. The number of nitrogens with one attached hydrogen (secondary N) is 1. The van der Waals surface area contributed by atoms with Crippen LogP contribution in [0.3, 0.4) is 0 Å². The van der Waals surface area contributed by atoms with Crippen molar-refractivity contribution in [3.05, 3.63) is 87.9 Å². The molecule has 0 saturated heterocycles. The van der Waals surface area contributed by atoms with Crippen LogP contribution in [0.25, 0.3) is 0 Å². The van der Waals surface area contributed by atoms with Gasteiger partial charge in [0.25, 0.3) is 10.0 Å². The minimum Gasteiger partial charge on any atom is -0.496 e. The highest BCUT2D eigenvalue weighted by Crippen LogP contribution is 2.31. The molecule has 0 bridgehead atoms. The maximum Gasteiger partial charge on any atom is 0.264 e. The summed E-state index contributed by atoms with van der Waals surface area (Å²) < 4.78 is 34.1. The number of nitrogens with zero attached hydrogens (tertiary/aromatic N) is 1. The van der Waals surface area contributed by atoms with Crippen LogP contribution in [0.4, 0.5) is 5.69 Å². The molecule has 3 aromatic carbocycles. The fraction of sp³-hybridized carbons (Fsp3) is 0.269. The number of hydrogen-bond donors (Lipinski definition) is 1. The number of amides is 1. The van der Waals surface area contributed by atoms with Crippen molar-refractivity contribution in [2.24, 2.45) is 0 Å². The molecule has 8 heteroatoms. The summed E-state index contributed by atoms with van der Waals surface area (Å²) in [5.74, 6) is 0.116. The highest BCUT2D eigenvalue weighted by atomic mass is 79.9. The summed E-state index contributed by atoms with van der Waals surface area (Å²) in [6.07, 6.45) is 0.936. The van der Waals surface area contributed by atoms with Gasteiger partial charge in [0.1, 0.15) is 12.3 Å². The van der Waals surface area contributed by atoms with E-state index in [-0.39, 0.29) is 17.5 Å². The number of ether oxygens (including phenoxy) is 1. The van der Waals surface area contributed by atoms with Crippen molar-refractivity contribution < 1.29 is 17.9 Å². The molecule has 0 aromatic heterocycles. The van der Waals surface area contributed by atoms with E-state index in [1.807, 2.05) is 50.2 Å². The zero-order valence-electron chi connectivity index (χ0n) is 19.7. The number of hydrogen-bond acceptors (Lipinski definition) is 4. The lowest BCUT2D eigenvalue weighted by atomic mass is 10.1. The van der Waals surface area contributed by atoms with Gasteiger partial charge in [-0.1, -0.05) is 48.9 Å². The van der Waals surface area contributed by atoms with Gasteiger partial charge in [0.15, 0.2) is 0 Å². The van der Waals surface area contributed by atoms with Gasteiger partial charge in [-0.2, -0.15) is 0 Å². The molecule has 34 heavy (non-hydrogen) atoms. The van der Waals surface area contributed by atoms with Crippen molar-refractivity contribution in [2.45, 2.75) is 38.1 Å². The predicted molar refractivity (Wildman–Crippen MR) is 139 cm³/mol. The Labute approximate surface area is 210 Å². The molecule has 3 aromatic rings. The molecule has 6 nitrogen and oxygen atoms in total. The largest absolute Gasteiger partial charge is 0.496 e. The number of halogens is 1. The second-order valence-electron chi connectivity index (χ2n) is 8.03. The fourth-order valence-corrected chi connectivity index (χ4v) is 5.64. The first-order valence-electron chi connectivity index (χ1n) is 11.0. The molecule has 1 atom stereocenters. The predicted octanol–water partition coefficient (Wildman–Crippen LogP) is 5.40. The monoisotopic (exact) mass is 544 g/mol. The summed E-state index contributed by atoms with van der Waals surface area (Å²) >= 11 is 3.35. The molecule has 0 spiro atoms. The van der Waals surface area contributed by atoms with Gasteiger partial charge in [-0.3, -0.25) is 9.10 Å². The number of carbonyl (C=O) groups is 1. The topological polar surface area (TPSA) is 75.7 Å². The first-order valence-corrected chi connectivity index (χ1v) is 13.2. The molecular formula is C26H29BrN2O4S. The van der Waals surface area contributed by atoms with E-state index in [0.29, 0.717) is 15.9 Å².